The zero-order chi connectivity index (χ0) is 20.1. The number of aryl methyl sites for hydroxylation is 1. The molecule has 0 aliphatic carbocycles. The summed E-state index contributed by atoms with van der Waals surface area (Å²) in [5.74, 6) is 1.31. The summed E-state index contributed by atoms with van der Waals surface area (Å²) in [6.07, 6.45) is 0.789. The van der Waals surface area contributed by atoms with E-state index in [0.717, 1.165) is 17.0 Å². The van der Waals surface area contributed by atoms with Crippen LogP contribution in [0.1, 0.15) is 18.9 Å². The standard InChI is InChI=1S/C17H19ClN6O2S2/c1-4-14-20-22-16(28-14)19-13(25)9-27-17-23-21-15(24(17)5-2)11-8-10(18)6-7-12(11)26-3/h6-8H,4-5,9H2,1-3H3,(H,19,22,25). The third-order valence-electron chi connectivity index (χ3n) is 3.78. The number of nitrogens with one attached hydrogen (secondary N) is 1. The molecule has 0 atom stereocenters. The first-order valence-corrected chi connectivity index (χ1v) is 10.8. The van der Waals surface area contributed by atoms with Crippen molar-refractivity contribution >= 4 is 45.7 Å². The highest BCUT2D eigenvalue weighted by molar-refractivity contribution is 7.99. The molecule has 28 heavy (non-hydrogen) atoms. The zero-order valence-corrected chi connectivity index (χ0v) is 18.0. The van der Waals surface area contributed by atoms with Crippen molar-refractivity contribution in [2.75, 3.05) is 18.2 Å². The minimum absolute atomic E-state index is 0.170. The van der Waals surface area contributed by atoms with Crippen molar-refractivity contribution in [3.05, 3.63) is 28.2 Å². The second-order valence-corrected chi connectivity index (χ2v) is 8.03. The molecule has 1 amide bonds. The third-order valence-corrected chi connectivity index (χ3v) is 5.97. The topological polar surface area (TPSA) is 94.8 Å². The second-order valence-electron chi connectivity index (χ2n) is 5.59. The molecular formula is C17H19ClN6O2S2. The summed E-state index contributed by atoms with van der Waals surface area (Å²) in [6, 6.07) is 5.34. The molecule has 8 nitrogen and oxygen atoms in total. The Morgan fingerprint density at radius 1 is 1.29 bits per heavy atom. The summed E-state index contributed by atoms with van der Waals surface area (Å²) in [5.41, 5.74) is 0.751. The Labute approximate surface area is 175 Å². The number of hydrogen-bond donors (Lipinski definition) is 1. The van der Waals surface area contributed by atoms with Crippen molar-refractivity contribution in [3.8, 4) is 17.1 Å². The zero-order valence-electron chi connectivity index (χ0n) is 15.6. The summed E-state index contributed by atoms with van der Waals surface area (Å²) >= 11 is 8.82. The Kier molecular flexibility index (Phi) is 6.87. The molecule has 0 aliphatic heterocycles. The Morgan fingerprint density at radius 2 is 2.11 bits per heavy atom. The first kappa shape index (κ1) is 20.6. The lowest BCUT2D eigenvalue weighted by molar-refractivity contribution is -0.113. The SMILES string of the molecule is CCc1nnc(NC(=O)CSc2nnc(-c3cc(Cl)ccc3OC)n2CC)s1. The smallest absolute Gasteiger partial charge is 0.236 e. The van der Waals surface area contributed by atoms with Crippen molar-refractivity contribution in [2.24, 2.45) is 0 Å². The molecule has 0 radical (unpaired) electrons. The number of methoxy groups -OCH3 is 1. The van der Waals surface area contributed by atoms with Gasteiger partial charge in [0, 0.05) is 11.6 Å². The van der Waals surface area contributed by atoms with Gasteiger partial charge in [0.25, 0.3) is 0 Å². The number of carbonyl (C=O) groups is 1. The highest BCUT2D eigenvalue weighted by Gasteiger charge is 2.18. The van der Waals surface area contributed by atoms with E-state index in [1.54, 1.807) is 25.3 Å². The van der Waals surface area contributed by atoms with Crippen LogP contribution in [-0.2, 0) is 17.8 Å². The Hall–Kier alpha value is -2.17. The van der Waals surface area contributed by atoms with Crippen LogP contribution < -0.4 is 10.1 Å². The molecule has 0 bridgehead atoms. The third kappa shape index (κ3) is 4.62. The fourth-order valence-electron chi connectivity index (χ4n) is 2.47. The summed E-state index contributed by atoms with van der Waals surface area (Å²) in [6.45, 7) is 4.62. The van der Waals surface area contributed by atoms with Gasteiger partial charge in [-0.1, -0.05) is 41.6 Å². The van der Waals surface area contributed by atoms with Gasteiger partial charge < -0.3 is 9.30 Å². The molecule has 11 heteroatoms. The molecule has 3 rings (SSSR count). The number of hydrogen-bond acceptors (Lipinski definition) is 8. The summed E-state index contributed by atoms with van der Waals surface area (Å²) in [7, 11) is 1.59. The maximum atomic E-state index is 12.2. The van der Waals surface area contributed by atoms with E-state index in [1.165, 1.54) is 23.1 Å². The van der Waals surface area contributed by atoms with Crippen LogP contribution in [0.25, 0.3) is 11.4 Å². The lowest BCUT2D eigenvalue weighted by atomic mass is 10.2. The predicted molar refractivity (Wildman–Crippen MR) is 111 cm³/mol. The van der Waals surface area contributed by atoms with E-state index >= 15 is 0 Å². The van der Waals surface area contributed by atoms with Crippen molar-refractivity contribution < 1.29 is 9.53 Å². The van der Waals surface area contributed by atoms with Crippen LogP contribution in [0.2, 0.25) is 5.02 Å². The maximum absolute atomic E-state index is 12.2. The average Bonchev–Trinajstić information content (AvgIpc) is 3.32. The molecule has 2 aromatic heterocycles. The van der Waals surface area contributed by atoms with Crippen molar-refractivity contribution in [1.29, 1.82) is 0 Å². The van der Waals surface area contributed by atoms with Gasteiger partial charge in [0.05, 0.1) is 18.4 Å². The number of aromatic nitrogens is 5. The van der Waals surface area contributed by atoms with Gasteiger partial charge in [-0.15, -0.1) is 20.4 Å². The van der Waals surface area contributed by atoms with E-state index in [0.29, 0.717) is 33.4 Å². The summed E-state index contributed by atoms with van der Waals surface area (Å²) in [4.78, 5) is 12.2. The molecule has 0 saturated carbocycles. The molecule has 0 saturated heterocycles. The van der Waals surface area contributed by atoms with Gasteiger partial charge in [-0.25, -0.2) is 0 Å². The highest BCUT2D eigenvalue weighted by atomic mass is 35.5. The van der Waals surface area contributed by atoms with Gasteiger partial charge in [-0.3, -0.25) is 10.1 Å². The number of thioether (sulfide) groups is 1. The Balaban J connectivity index is 1.73. The molecule has 2 heterocycles. The van der Waals surface area contributed by atoms with Gasteiger partial charge in [0.2, 0.25) is 11.0 Å². The summed E-state index contributed by atoms with van der Waals surface area (Å²) in [5, 5.41) is 21.8. The van der Waals surface area contributed by atoms with Gasteiger partial charge in [0.1, 0.15) is 10.8 Å². The maximum Gasteiger partial charge on any atom is 0.236 e. The largest absolute Gasteiger partial charge is 0.496 e. The van der Waals surface area contributed by atoms with Gasteiger partial charge in [-0.05, 0) is 31.5 Å². The van der Waals surface area contributed by atoms with Gasteiger partial charge in [-0.2, -0.15) is 0 Å². The number of rotatable bonds is 8. The lowest BCUT2D eigenvalue weighted by Gasteiger charge is -2.10. The van der Waals surface area contributed by atoms with Crippen molar-refractivity contribution in [2.45, 2.75) is 32.0 Å². The Morgan fingerprint density at radius 3 is 2.79 bits per heavy atom. The number of nitrogens with zero attached hydrogens (tertiary/aromatic N) is 5. The van der Waals surface area contributed by atoms with E-state index in [4.69, 9.17) is 16.3 Å². The number of halogens is 1. The fraction of sp³-hybridized carbons (Fsp3) is 0.353. The average molecular weight is 439 g/mol. The molecule has 0 aliphatic rings. The van der Waals surface area contributed by atoms with Crippen molar-refractivity contribution in [3.63, 3.8) is 0 Å². The number of carbonyl (C=O) groups excluding carboxylic acids is 1. The van der Waals surface area contributed by atoms with Gasteiger partial charge >= 0.3 is 0 Å². The normalized spacial score (nSPS) is 10.9. The molecule has 1 N–H and O–H groups in total. The first-order chi connectivity index (χ1) is 13.5. The molecular weight excluding hydrogens is 420 g/mol. The van der Waals surface area contributed by atoms with Crippen molar-refractivity contribution in [1.82, 2.24) is 25.0 Å². The van der Waals surface area contributed by atoms with E-state index in [9.17, 15) is 4.79 Å². The van der Waals surface area contributed by atoms with E-state index in [1.807, 2.05) is 18.4 Å². The molecule has 3 aromatic rings. The number of amides is 1. The van der Waals surface area contributed by atoms with Crippen LogP contribution in [0.3, 0.4) is 0 Å². The minimum Gasteiger partial charge on any atom is -0.496 e. The highest BCUT2D eigenvalue weighted by Crippen LogP contribution is 2.33. The van der Waals surface area contributed by atoms with Crippen LogP contribution >= 0.6 is 34.7 Å². The van der Waals surface area contributed by atoms with Crippen LogP contribution in [0.15, 0.2) is 23.4 Å². The Bertz CT molecular complexity index is 974. The van der Waals surface area contributed by atoms with Crippen LogP contribution in [-0.4, -0.2) is 43.7 Å². The number of anilines is 1. The first-order valence-electron chi connectivity index (χ1n) is 8.57. The minimum atomic E-state index is -0.170. The van der Waals surface area contributed by atoms with E-state index in [2.05, 4.69) is 25.7 Å². The number of ether oxygens (including phenoxy) is 1. The second kappa shape index (κ2) is 9.35. The monoisotopic (exact) mass is 438 g/mol. The number of benzene rings is 1. The van der Waals surface area contributed by atoms with E-state index < -0.39 is 0 Å². The molecule has 0 spiro atoms. The molecule has 1 aromatic carbocycles. The molecule has 0 unspecified atom stereocenters. The lowest BCUT2D eigenvalue weighted by Crippen LogP contribution is -2.14. The summed E-state index contributed by atoms with van der Waals surface area (Å²) < 4.78 is 7.34. The van der Waals surface area contributed by atoms with Crippen LogP contribution in [0.5, 0.6) is 5.75 Å². The van der Waals surface area contributed by atoms with Crippen LogP contribution in [0, 0.1) is 0 Å². The predicted octanol–water partition coefficient (Wildman–Crippen LogP) is 3.77. The molecule has 148 valence electrons. The van der Waals surface area contributed by atoms with E-state index in [-0.39, 0.29) is 11.7 Å². The molecule has 0 fully saturated rings. The fourth-order valence-corrected chi connectivity index (χ4v) is 4.14. The quantitative estimate of drug-likeness (QED) is 0.535. The van der Waals surface area contributed by atoms with Gasteiger partial charge in [0.15, 0.2) is 11.0 Å². The van der Waals surface area contributed by atoms with Crippen LogP contribution in [0.4, 0.5) is 5.13 Å².